The predicted molar refractivity (Wildman–Crippen MR) is 79.0 cm³/mol. The van der Waals surface area contributed by atoms with Crippen molar-refractivity contribution in [3.63, 3.8) is 0 Å². The van der Waals surface area contributed by atoms with Crippen LogP contribution in [0.2, 0.25) is 0 Å². The maximum atomic E-state index is 12.0. The van der Waals surface area contributed by atoms with E-state index in [1.54, 1.807) is 42.1 Å². The second kappa shape index (κ2) is 5.80. The fourth-order valence-electron chi connectivity index (χ4n) is 1.63. The first-order chi connectivity index (χ1) is 9.10. The normalized spacial score (nSPS) is 10.2. The zero-order chi connectivity index (χ0) is 13.8. The molecule has 0 heterocycles. The third-order valence-electron chi connectivity index (χ3n) is 2.82. The van der Waals surface area contributed by atoms with Crippen LogP contribution in [0.25, 0.3) is 0 Å². The van der Waals surface area contributed by atoms with Gasteiger partial charge in [-0.1, -0.05) is 6.07 Å². The van der Waals surface area contributed by atoms with E-state index in [1.165, 1.54) is 0 Å². The summed E-state index contributed by atoms with van der Waals surface area (Å²) in [5, 5.41) is 12.4. The summed E-state index contributed by atoms with van der Waals surface area (Å²) in [4.78, 5) is 13.1. The second-order valence-corrected chi connectivity index (χ2v) is 5.06. The molecular formula is C15H15NO2S. The summed E-state index contributed by atoms with van der Waals surface area (Å²) in [6.07, 6.45) is 1.99. The topological polar surface area (TPSA) is 49.3 Å². The standard InChI is InChI=1S/C15H15NO2S/c1-10-3-6-12(9-14(10)17)16-15(18)11-4-7-13(19-2)8-5-11/h3-9,17H,1-2H3,(H,16,18). The molecule has 0 saturated heterocycles. The Morgan fingerprint density at radius 1 is 1.16 bits per heavy atom. The van der Waals surface area contributed by atoms with Crippen LogP contribution < -0.4 is 5.32 Å². The number of carbonyl (C=O) groups is 1. The number of anilines is 1. The molecule has 1 amide bonds. The Kier molecular flexibility index (Phi) is 4.12. The number of carbonyl (C=O) groups excluding carboxylic acids is 1. The van der Waals surface area contributed by atoms with E-state index in [0.717, 1.165) is 10.5 Å². The maximum Gasteiger partial charge on any atom is 0.255 e. The average molecular weight is 273 g/mol. The van der Waals surface area contributed by atoms with Crippen LogP contribution in [0.5, 0.6) is 5.75 Å². The Morgan fingerprint density at radius 3 is 2.42 bits per heavy atom. The van der Waals surface area contributed by atoms with Gasteiger partial charge in [0, 0.05) is 22.2 Å². The van der Waals surface area contributed by atoms with Crippen LogP contribution in [0, 0.1) is 6.92 Å². The minimum atomic E-state index is -0.184. The minimum absolute atomic E-state index is 0.176. The summed E-state index contributed by atoms with van der Waals surface area (Å²) in [5.41, 5.74) is 1.96. The van der Waals surface area contributed by atoms with E-state index in [-0.39, 0.29) is 11.7 Å². The fraction of sp³-hybridized carbons (Fsp3) is 0.133. The first-order valence-corrected chi connectivity index (χ1v) is 7.07. The lowest BCUT2D eigenvalue weighted by Crippen LogP contribution is -2.11. The summed E-state index contributed by atoms with van der Waals surface area (Å²) in [6.45, 7) is 1.81. The molecule has 0 spiro atoms. The number of hydrogen-bond donors (Lipinski definition) is 2. The van der Waals surface area contributed by atoms with Gasteiger partial charge in [0.05, 0.1) is 0 Å². The van der Waals surface area contributed by atoms with Gasteiger partial charge in [0.2, 0.25) is 0 Å². The van der Waals surface area contributed by atoms with Crippen molar-refractivity contribution in [3.05, 3.63) is 53.6 Å². The van der Waals surface area contributed by atoms with Crippen molar-refractivity contribution < 1.29 is 9.90 Å². The summed E-state index contributed by atoms with van der Waals surface area (Å²) in [5.74, 6) is -0.00793. The van der Waals surface area contributed by atoms with E-state index >= 15 is 0 Å². The largest absolute Gasteiger partial charge is 0.508 e. The Labute approximate surface area is 116 Å². The molecule has 0 unspecified atom stereocenters. The van der Waals surface area contributed by atoms with Crippen LogP contribution in [-0.2, 0) is 0 Å². The highest BCUT2D eigenvalue weighted by atomic mass is 32.2. The first-order valence-electron chi connectivity index (χ1n) is 5.85. The smallest absolute Gasteiger partial charge is 0.255 e. The van der Waals surface area contributed by atoms with Crippen LogP contribution in [0.1, 0.15) is 15.9 Å². The second-order valence-electron chi connectivity index (χ2n) is 4.18. The van der Waals surface area contributed by atoms with Gasteiger partial charge in [0.1, 0.15) is 5.75 Å². The molecule has 0 saturated carbocycles. The van der Waals surface area contributed by atoms with Crippen LogP contribution in [0.3, 0.4) is 0 Å². The lowest BCUT2D eigenvalue weighted by atomic mass is 10.2. The molecule has 2 rings (SSSR count). The molecule has 2 aromatic rings. The van der Waals surface area contributed by atoms with Gasteiger partial charge in [-0.15, -0.1) is 11.8 Å². The molecule has 0 atom stereocenters. The van der Waals surface area contributed by atoms with Crippen molar-refractivity contribution in [2.24, 2.45) is 0 Å². The molecule has 2 aromatic carbocycles. The van der Waals surface area contributed by atoms with Crippen molar-refractivity contribution in [3.8, 4) is 5.75 Å². The molecule has 0 bridgehead atoms. The van der Waals surface area contributed by atoms with Crippen LogP contribution in [0.4, 0.5) is 5.69 Å². The molecule has 0 radical (unpaired) electrons. The van der Waals surface area contributed by atoms with Crippen molar-refractivity contribution >= 4 is 23.4 Å². The summed E-state index contributed by atoms with van der Waals surface area (Å²) in [6, 6.07) is 12.5. The number of aryl methyl sites for hydroxylation is 1. The lowest BCUT2D eigenvalue weighted by Gasteiger charge is -2.07. The molecule has 19 heavy (non-hydrogen) atoms. The van der Waals surface area contributed by atoms with Gasteiger partial charge in [-0.05, 0) is 49.1 Å². The SMILES string of the molecule is CSc1ccc(C(=O)Nc2ccc(C)c(O)c2)cc1. The quantitative estimate of drug-likeness (QED) is 0.839. The van der Waals surface area contributed by atoms with E-state index in [4.69, 9.17) is 0 Å². The summed E-state index contributed by atoms with van der Waals surface area (Å²) in [7, 11) is 0. The molecule has 98 valence electrons. The number of phenols is 1. The van der Waals surface area contributed by atoms with E-state index in [0.29, 0.717) is 11.3 Å². The molecule has 0 aliphatic heterocycles. The van der Waals surface area contributed by atoms with Gasteiger partial charge in [-0.3, -0.25) is 4.79 Å². The molecular weight excluding hydrogens is 258 g/mol. The van der Waals surface area contributed by atoms with Crippen molar-refractivity contribution in [1.82, 2.24) is 0 Å². The minimum Gasteiger partial charge on any atom is -0.508 e. The molecule has 2 N–H and O–H groups in total. The fourth-order valence-corrected chi connectivity index (χ4v) is 2.04. The number of nitrogens with one attached hydrogen (secondary N) is 1. The molecule has 0 aliphatic carbocycles. The van der Waals surface area contributed by atoms with E-state index in [2.05, 4.69) is 5.32 Å². The number of rotatable bonds is 3. The number of hydrogen-bond acceptors (Lipinski definition) is 3. The van der Waals surface area contributed by atoms with Crippen molar-refractivity contribution in [2.75, 3.05) is 11.6 Å². The Morgan fingerprint density at radius 2 is 1.84 bits per heavy atom. The van der Waals surface area contributed by atoms with Gasteiger partial charge in [-0.2, -0.15) is 0 Å². The zero-order valence-electron chi connectivity index (χ0n) is 10.8. The summed E-state index contributed by atoms with van der Waals surface area (Å²) < 4.78 is 0. The summed E-state index contributed by atoms with van der Waals surface area (Å²) >= 11 is 1.63. The molecule has 0 fully saturated rings. The van der Waals surface area contributed by atoms with Gasteiger partial charge in [0.25, 0.3) is 5.91 Å². The van der Waals surface area contributed by atoms with Crippen LogP contribution in [-0.4, -0.2) is 17.3 Å². The zero-order valence-corrected chi connectivity index (χ0v) is 11.6. The number of aromatic hydroxyl groups is 1. The number of amides is 1. The molecule has 0 aliphatic rings. The lowest BCUT2D eigenvalue weighted by molar-refractivity contribution is 0.102. The van der Waals surface area contributed by atoms with Gasteiger partial charge in [-0.25, -0.2) is 0 Å². The van der Waals surface area contributed by atoms with E-state index in [1.807, 2.05) is 25.3 Å². The highest BCUT2D eigenvalue weighted by molar-refractivity contribution is 7.98. The van der Waals surface area contributed by atoms with Gasteiger partial charge < -0.3 is 10.4 Å². The number of thioether (sulfide) groups is 1. The third-order valence-corrected chi connectivity index (χ3v) is 3.56. The molecule has 0 aromatic heterocycles. The Balaban J connectivity index is 2.13. The maximum absolute atomic E-state index is 12.0. The molecule has 4 heteroatoms. The van der Waals surface area contributed by atoms with E-state index in [9.17, 15) is 9.90 Å². The van der Waals surface area contributed by atoms with E-state index < -0.39 is 0 Å². The highest BCUT2D eigenvalue weighted by Crippen LogP contribution is 2.21. The molecule has 3 nitrogen and oxygen atoms in total. The monoisotopic (exact) mass is 273 g/mol. The van der Waals surface area contributed by atoms with Crippen molar-refractivity contribution in [2.45, 2.75) is 11.8 Å². The number of benzene rings is 2. The average Bonchev–Trinajstić information content (AvgIpc) is 2.43. The Bertz CT molecular complexity index is 594. The van der Waals surface area contributed by atoms with Crippen molar-refractivity contribution in [1.29, 1.82) is 0 Å². The van der Waals surface area contributed by atoms with Gasteiger partial charge >= 0.3 is 0 Å². The van der Waals surface area contributed by atoms with Crippen LogP contribution >= 0.6 is 11.8 Å². The predicted octanol–water partition coefficient (Wildman–Crippen LogP) is 3.67. The highest BCUT2D eigenvalue weighted by Gasteiger charge is 2.07. The Hall–Kier alpha value is -1.94. The van der Waals surface area contributed by atoms with Crippen LogP contribution in [0.15, 0.2) is 47.4 Å². The number of phenolic OH excluding ortho intramolecular Hbond substituents is 1. The van der Waals surface area contributed by atoms with Gasteiger partial charge in [0.15, 0.2) is 0 Å². The first kappa shape index (κ1) is 13.5. The third kappa shape index (κ3) is 3.29.